The molecule has 0 aromatic heterocycles. The monoisotopic (exact) mass is 404 g/mol. The second-order valence-electron chi connectivity index (χ2n) is 7.11. The summed E-state index contributed by atoms with van der Waals surface area (Å²) in [6.45, 7) is 0. The van der Waals surface area contributed by atoms with Gasteiger partial charge >= 0.3 is 5.97 Å². The van der Waals surface area contributed by atoms with Gasteiger partial charge in [-0.1, -0.05) is 54.6 Å². The van der Waals surface area contributed by atoms with E-state index in [9.17, 15) is 19.8 Å². The van der Waals surface area contributed by atoms with Crippen LogP contribution >= 0.6 is 0 Å². The van der Waals surface area contributed by atoms with Crippen LogP contribution in [0.25, 0.3) is 0 Å². The Bertz CT molecular complexity index is 1000. The molecule has 0 saturated carbocycles. The van der Waals surface area contributed by atoms with Crippen molar-refractivity contribution in [3.05, 3.63) is 95.6 Å². The van der Waals surface area contributed by atoms with Gasteiger partial charge in [0.05, 0.1) is 6.04 Å². The number of hydrogen-bond donors (Lipinski definition) is 4. The molecule has 0 aliphatic rings. The number of carbonyl (C=O) groups excluding carboxylic acids is 1. The molecule has 0 aliphatic heterocycles. The smallest absolute Gasteiger partial charge is 0.326 e. The Hall–Kier alpha value is -3.64. The number of nitrogens with one attached hydrogen (secondary N) is 1. The number of phenols is 1. The largest absolute Gasteiger partial charge is 0.508 e. The Balaban J connectivity index is 1.77. The van der Waals surface area contributed by atoms with Gasteiger partial charge in [0.15, 0.2) is 5.78 Å². The van der Waals surface area contributed by atoms with Crippen LogP contribution in [-0.4, -0.2) is 34.0 Å². The molecule has 6 nitrogen and oxygen atoms in total. The summed E-state index contributed by atoms with van der Waals surface area (Å²) >= 11 is 0. The van der Waals surface area contributed by atoms with Gasteiger partial charge in [-0.2, -0.15) is 0 Å². The molecule has 0 fully saturated rings. The zero-order valence-corrected chi connectivity index (χ0v) is 16.4. The number of benzene rings is 3. The molecule has 0 amide bonds. The minimum atomic E-state index is -1.01. The van der Waals surface area contributed by atoms with Gasteiger partial charge < -0.3 is 21.3 Å². The Morgan fingerprint density at radius 1 is 0.833 bits per heavy atom. The van der Waals surface area contributed by atoms with Crippen molar-refractivity contribution in [2.75, 3.05) is 5.32 Å². The molecule has 6 heteroatoms. The van der Waals surface area contributed by atoms with Crippen molar-refractivity contribution in [2.45, 2.75) is 24.9 Å². The Kier molecular flexibility index (Phi) is 6.83. The van der Waals surface area contributed by atoms with Crippen LogP contribution < -0.4 is 11.1 Å². The van der Waals surface area contributed by atoms with E-state index in [1.165, 1.54) is 0 Å². The van der Waals surface area contributed by atoms with Gasteiger partial charge in [0, 0.05) is 17.7 Å². The van der Waals surface area contributed by atoms with E-state index in [1.807, 2.05) is 30.3 Å². The lowest BCUT2D eigenvalue weighted by atomic mass is 9.96. The van der Waals surface area contributed by atoms with Crippen LogP contribution in [0.2, 0.25) is 0 Å². The molecule has 0 bridgehead atoms. The molecule has 3 rings (SSSR count). The second-order valence-corrected chi connectivity index (χ2v) is 7.11. The first kappa shape index (κ1) is 21.1. The first-order valence-corrected chi connectivity index (χ1v) is 9.64. The van der Waals surface area contributed by atoms with Gasteiger partial charge in [0.25, 0.3) is 0 Å². The number of carboxylic acids is 1. The first-order valence-electron chi connectivity index (χ1n) is 9.64. The van der Waals surface area contributed by atoms with Gasteiger partial charge in [-0.25, -0.2) is 4.79 Å². The Morgan fingerprint density at radius 2 is 1.43 bits per heavy atom. The van der Waals surface area contributed by atoms with E-state index in [0.717, 1.165) is 11.1 Å². The van der Waals surface area contributed by atoms with Gasteiger partial charge in [0.2, 0.25) is 0 Å². The van der Waals surface area contributed by atoms with Crippen molar-refractivity contribution in [1.29, 1.82) is 0 Å². The summed E-state index contributed by atoms with van der Waals surface area (Å²) < 4.78 is 0. The van der Waals surface area contributed by atoms with Crippen LogP contribution in [0, 0.1) is 0 Å². The lowest BCUT2D eigenvalue weighted by Gasteiger charge is -2.19. The highest BCUT2D eigenvalue weighted by Crippen LogP contribution is 2.20. The fourth-order valence-electron chi connectivity index (χ4n) is 3.24. The third-order valence-corrected chi connectivity index (χ3v) is 4.83. The second kappa shape index (κ2) is 9.71. The number of carbonyl (C=O) groups is 2. The predicted molar refractivity (Wildman–Crippen MR) is 116 cm³/mol. The lowest BCUT2D eigenvalue weighted by molar-refractivity contribution is -0.137. The first-order chi connectivity index (χ1) is 14.4. The minimum Gasteiger partial charge on any atom is -0.508 e. The van der Waals surface area contributed by atoms with Crippen molar-refractivity contribution in [1.82, 2.24) is 0 Å². The summed E-state index contributed by atoms with van der Waals surface area (Å²) in [6, 6.07) is 20.9. The van der Waals surface area contributed by atoms with Crippen LogP contribution in [0.3, 0.4) is 0 Å². The van der Waals surface area contributed by atoms with Crippen LogP contribution in [0.15, 0.2) is 78.9 Å². The molecular formula is C24H24N2O4. The number of hydrogen-bond acceptors (Lipinski definition) is 5. The zero-order valence-electron chi connectivity index (χ0n) is 16.4. The zero-order chi connectivity index (χ0) is 21.5. The summed E-state index contributed by atoms with van der Waals surface area (Å²) in [7, 11) is 0. The summed E-state index contributed by atoms with van der Waals surface area (Å²) in [5.74, 6) is -1.14. The number of ketones is 1. The number of phenolic OH excluding ortho intramolecular Hbond substituents is 1. The van der Waals surface area contributed by atoms with Crippen LogP contribution in [0.4, 0.5) is 5.69 Å². The van der Waals surface area contributed by atoms with E-state index in [1.54, 1.807) is 48.5 Å². The van der Waals surface area contributed by atoms with Gasteiger partial charge in [0.1, 0.15) is 11.8 Å². The number of carboxylic acid groups (broad SMARTS) is 1. The fraction of sp³-hybridized carbons (Fsp3) is 0.167. The third kappa shape index (κ3) is 5.46. The molecule has 154 valence electrons. The maximum absolute atomic E-state index is 13.0. The van der Waals surface area contributed by atoms with E-state index in [2.05, 4.69) is 5.32 Å². The van der Waals surface area contributed by atoms with E-state index < -0.39 is 18.1 Å². The van der Waals surface area contributed by atoms with E-state index in [4.69, 9.17) is 5.73 Å². The predicted octanol–water partition coefficient (Wildman–Crippen LogP) is 3.25. The molecule has 0 radical (unpaired) electrons. The molecule has 5 N–H and O–H groups in total. The standard InChI is InChI=1S/C24H24N2O4/c25-20(14-17-10-12-18(27)13-11-17)23(28)19-8-4-5-9-21(19)26-22(24(29)30)15-16-6-2-1-3-7-16/h1-13,20,22,26-27H,14-15,25H2,(H,29,30). The molecule has 2 unspecified atom stereocenters. The van der Waals surface area contributed by atoms with Crippen LogP contribution in [0.1, 0.15) is 21.5 Å². The average molecular weight is 404 g/mol. The van der Waals surface area contributed by atoms with Crippen LogP contribution in [-0.2, 0) is 17.6 Å². The maximum atomic E-state index is 13.0. The van der Waals surface area contributed by atoms with E-state index in [0.29, 0.717) is 17.7 Å². The van der Waals surface area contributed by atoms with E-state index in [-0.39, 0.29) is 18.0 Å². The van der Waals surface area contributed by atoms with Crippen molar-refractivity contribution in [3.8, 4) is 5.75 Å². The topological polar surface area (TPSA) is 113 Å². The number of rotatable bonds is 9. The van der Waals surface area contributed by atoms with Crippen LogP contribution in [0.5, 0.6) is 5.75 Å². The highest BCUT2D eigenvalue weighted by Gasteiger charge is 2.23. The summed E-state index contributed by atoms with van der Waals surface area (Å²) in [4.78, 5) is 24.8. The van der Waals surface area contributed by atoms with Gasteiger partial charge in [-0.15, -0.1) is 0 Å². The molecule has 3 aromatic rings. The number of aliphatic carboxylic acids is 1. The number of Topliss-reactive ketones (excluding diaryl/α,β-unsaturated/α-hetero) is 1. The SMILES string of the molecule is NC(Cc1ccc(O)cc1)C(=O)c1ccccc1NC(Cc1ccccc1)C(=O)O. The quantitative estimate of drug-likeness (QED) is 0.407. The number of nitrogens with two attached hydrogens (primary N) is 1. The summed E-state index contributed by atoms with van der Waals surface area (Å²) in [6.07, 6.45) is 0.581. The molecular weight excluding hydrogens is 380 g/mol. The minimum absolute atomic E-state index is 0.145. The summed E-state index contributed by atoms with van der Waals surface area (Å²) in [5, 5.41) is 22.0. The normalized spacial score (nSPS) is 12.7. The number of aromatic hydroxyl groups is 1. The van der Waals surface area contributed by atoms with Crippen molar-refractivity contribution < 1.29 is 19.8 Å². The molecule has 0 aliphatic carbocycles. The Morgan fingerprint density at radius 3 is 2.10 bits per heavy atom. The van der Waals surface area contributed by atoms with E-state index >= 15 is 0 Å². The van der Waals surface area contributed by atoms with Gasteiger partial charge in [-0.05, 0) is 41.8 Å². The van der Waals surface area contributed by atoms with Gasteiger partial charge in [-0.3, -0.25) is 4.79 Å². The average Bonchev–Trinajstić information content (AvgIpc) is 2.75. The maximum Gasteiger partial charge on any atom is 0.326 e. The lowest BCUT2D eigenvalue weighted by Crippen LogP contribution is -2.35. The Labute approximate surface area is 175 Å². The molecule has 0 saturated heterocycles. The molecule has 2 atom stereocenters. The molecule has 0 heterocycles. The number of para-hydroxylation sites is 1. The fourth-order valence-corrected chi connectivity index (χ4v) is 3.24. The van der Waals surface area contributed by atoms with Crippen molar-refractivity contribution in [3.63, 3.8) is 0 Å². The summed E-state index contributed by atoms with van der Waals surface area (Å²) in [5.41, 5.74) is 8.64. The molecule has 30 heavy (non-hydrogen) atoms. The van der Waals surface area contributed by atoms with Crippen molar-refractivity contribution in [2.24, 2.45) is 5.73 Å². The molecule has 0 spiro atoms. The third-order valence-electron chi connectivity index (χ3n) is 4.83. The van der Waals surface area contributed by atoms with Crippen molar-refractivity contribution >= 4 is 17.4 Å². The molecule has 3 aromatic carbocycles. The number of anilines is 1. The highest BCUT2D eigenvalue weighted by molar-refractivity contribution is 6.05. The highest BCUT2D eigenvalue weighted by atomic mass is 16.4.